The van der Waals surface area contributed by atoms with Crippen molar-refractivity contribution < 1.29 is 14.7 Å². The second kappa shape index (κ2) is 7.66. The maximum absolute atomic E-state index is 12.7. The topological polar surface area (TPSA) is 123 Å². The molecule has 8 heteroatoms. The summed E-state index contributed by atoms with van der Waals surface area (Å²) in [4.78, 5) is 28.5. The number of primary amides is 1. The Kier molecular flexibility index (Phi) is 5.00. The van der Waals surface area contributed by atoms with Gasteiger partial charge in [-0.1, -0.05) is 24.3 Å². The van der Waals surface area contributed by atoms with Crippen LogP contribution in [-0.4, -0.2) is 31.5 Å². The second-order valence-corrected chi connectivity index (χ2v) is 7.66. The van der Waals surface area contributed by atoms with E-state index >= 15 is 0 Å². The monoisotopic (exact) mass is 415 g/mol. The maximum Gasteiger partial charge on any atom is 0.256 e. The van der Waals surface area contributed by atoms with Crippen molar-refractivity contribution in [3.05, 3.63) is 83.6 Å². The summed E-state index contributed by atoms with van der Waals surface area (Å²) < 4.78 is 1.65. The zero-order valence-corrected chi connectivity index (χ0v) is 17.0. The Labute approximate surface area is 178 Å². The lowest BCUT2D eigenvalue weighted by Gasteiger charge is -2.17. The summed E-state index contributed by atoms with van der Waals surface area (Å²) in [5, 5.41) is 17.2. The summed E-state index contributed by atoms with van der Waals surface area (Å²) in [5.74, 6) is -0.471. The molecule has 4 N–H and O–H groups in total. The number of hydrogen-bond acceptors (Lipinski definition) is 5. The van der Waals surface area contributed by atoms with Gasteiger partial charge < -0.3 is 16.2 Å². The van der Waals surface area contributed by atoms with Gasteiger partial charge in [0.25, 0.3) is 5.91 Å². The third-order valence-corrected chi connectivity index (χ3v) is 4.92. The van der Waals surface area contributed by atoms with Crippen molar-refractivity contribution in [2.75, 3.05) is 5.32 Å². The molecule has 0 saturated heterocycles. The lowest BCUT2D eigenvalue weighted by Crippen LogP contribution is -2.17. The molecule has 0 unspecified atom stereocenters. The van der Waals surface area contributed by atoms with E-state index in [2.05, 4.69) is 15.4 Å². The Morgan fingerprint density at radius 3 is 2.26 bits per heavy atom. The number of nitrogens with two attached hydrogens (primary N) is 1. The first-order valence-electron chi connectivity index (χ1n) is 9.62. The zero-order chi connectivity index (χ0) is 22.2. The first-order chi connectivity index (χ1) is 14.7. The predicted octanol–water partition coefficient (Wildman–Crippen LogP) is 2.97. The molecule has 4 rings (SSSR count). The zero-order valence-electron chi connectivity index (χ0n) is 17.0. The fourth-order valence-corrected chi connectivity index (χ4v) is 3.21. The van der Waals surface area contributed by atoms with Crippen molar-refractivity contribution in [2.24, 2.45) is 5.73 Å². The van der Waals surface area contributed by atoms with E-state index in [1.165, 1.54) is 0 Å². The fourth-order valence-electron chi connectivity index (χ4n) is 3.21. The Morgan fingerprint density at radius 1 is 1.00 bits per heavy atom. The second-order valence-electron chi connectivity index (χ2n) is 7.66. The molecule has 4 aromatic rings. The van der Waals surface area contributed by atoms with E-state index in [4.69, 9.17) is 5.73 Å². The molecule has 0 bridgehead atoms. The quantitative estimate of drug-likeness (QED) is 0.462. The number of aromatic nitrogens is 3. The van der Waals surface area contributed by atoms with Crippen molar-refractivity contribution in [3.63, 3.8) is 0 Å². The first-order valence-corrected chi connectivity index (χ1v) is 9.62. The normalized spacial score (nSPS) is 11.5. The van der Waals surface area contributed by atoms with Crippen LogP contribution >= 0.6 is 0 Å². The fraction of sp³-hybridized carbons (Fsp3) is 0.130. The third-order valence-electron chi connectivity index (χ3n) is 4.92. The Bertz CT molecular complexity index is 1270. The van der Waals surface area contributed by atoms with E-state index in [-0.39, 0.29) is 5.91 Å². The number of fused-ring (bicyclic) bond motifs is 1. The SMILES string of the molecule is CC(C)(O)c1ccc(C(=O)Nc2cc(-c3ccc(C(N)=O)cc3)n3nccc3n2)cc1. The van der Waals surface area contributed by atoms with E-state index in [0.29, 0.717) is 33.8 Å². The molecule has 156 valence electrons. The van der Waals surface area contributed by atoms with E-state index < -0.39 is 11.5 Å². The highest BCUT2D eigenvalue weighted by molar-refractivity contribution is 6.04. The first kappa shape index (κ1) is 20.2. The van der Waals surface area contributed by atoms with Gasteiger partial charge in [-0.25, -0.2) is 9.50 Å². The third kappa shape index (κ3) is 4.15. The number of benzene rings is 2. The lowest BCUT2D eigenvalue weighted by molar-refractivity contribution is 0.0784. The average molecular weight is 415 g/mol. The predicted molar refractivity (Wildman–Crippen MR) is 117 cm³/mol. The van der Waals surface area contributed by atoms with Gasteiger partial charge in [-0.2, -0.15) is 5.10 Å². The van der Waals surface area contributed by atoms with Gasteiger partial charge in [0.1, 0.15) is 5.82 Å². The Balaban J connectivity index is 1.65. The molecule has 0 atom stereocenters. The summed E-state index contributed by atoms with van der Waals surface area (Å²) in [6, 6.07) is 17.0. The van der Waals surface area contributed by atoms with Gasteiger partial charge in [-0.15, -0.1) is 0 Å². The molecule has 31 heavy (non-hydrogen) atoms. The molecule has 0 radical (unpaired) electrons. The smallest absolute Gasteiger partial charge is 0.256 e. The largest absolute Gasteiger partial charge is 0.386 e. The van der Waals surface area contributed by atoms with E-state index in [1.54, 1.807) is 85.2 Å². The molecule has 2 aromatic heterocycles. The van der Waals surface area contributed by atoms with E-state index in [0.717, 1.165) is 5.56 Å². The minimum atomic E-state index is -0.984. The minimum Gasteiger partial charge on any atom is -0.386 e. The van der Waals surface area contributed by atoms with Gasteiger partial charge in [-0.05, 0) is 43.7 Å². The molecular formula is C23H21N5O3. The van der Waals surface area contributed by atoms with Gasteiger partial charge in [-0.3, -0.25) is 9.59 Å². The average Bonchev–Trinajstić information content (AvgIpc) is 3.21. The highest BCUT2D eigenvalue weighted by Gasteiger charge is 2.17. The number of rotatable bonds is 5. The van der Waals surface area contributed by atoms with Crippen LogP contribution < -0.4 is 11.1 Å². The number of hydrogen-bond donors (Lipinski definition) is 3. The number of aliphatic hydroxyl groups is 1. The molecular weight excluding hydrogens is 394 g/mol. The van der Waals surface area contributed by atoms with Gasteiger partial charge >= 0.3 is 0 Å². The van der Waals surface area contributed by atoms with Crippen LogP contribution in [0.5, 0.6) is 0 Å². The molecule has 0 spiro atoms. The number of nitrogens with zero attached hydrogens (tertiary/aromatic N) is 3. The maximum atomic E-state index is 12.7. The molecule has 0 aliphatic rings. The van der Waals surface area contributed by atoms with Gasteiger partial charge in [0.2, 0.25) is 5.91 Å². The van der Waals surface area contributed by atoms with Crippen LogP contribution in [0.1, 0.15) is 40.1 Å². The standard InChI is InChI=1S/C23H21N5O3/c1-23(2,31)17-9-7-16(8-10-17)22(30)27-19-13-18(28-20(26-19)11-12-25-28)14-3-5-15(6-4-14)21(24)29/h3-13,31H,1-2H3,(H2,24,29)(H,26,27,30). The number of carbonyl (C=O) groups is 2. The summed E-state index contributed by atoms with van der Waals surface area (Å²) >= 11 is 0. The lowest BCUT2D eigenvalue weighted by atomic mass is 9.97. The Morgan fingerprint density at radius 2 is 1.65 bits per heavy atom. The van der Waals surface area contributed by atoms with Crippen molar-refractivity contribution in [1.29, 1.82) is 0 Å². The summed E-state index contributed by atoms with van der Waals surface area (Å²) in [7, 11) is 0. The van der Waals surface area contributed by atoms with Crippen molar-refractivity contribution in [3.8, 4) is 11.3 Å². The van der Waals surface area contributed by atoms with E-state index in [9.17, 15) is 14.7 Å². The number of amides is 2. The minimum absolute atomic E-state index is 0.325. The summed E-state index contributed by atoms with van der Waals surface area (Å²) in [6.45, 7) is 3.37. The highest BCUT2D eigenvalue weighted by atomic mass is 16.3. The van der Waals surface area contributed by atoms with Crippen molar-refractivity contribution >= 4 is 23.3 Å². The summed E-state index contributed by atoms with van der Waals surface area (Å²) in [5.41, 5.74) is 7.92. The van der Waals surface area contributed by atoms with Crippen LogP contribution in [0, 0.1) is 0 Å². The van der Waals surface area contributed by atoms with Crippen molar-refractivity contribution in [2.45, 2.75) is 19.4 Å². The van der Waals surface area contributed by atoms with Crippen LogP contribution in [0.15, 0.2) is 66.9 Å². The van der Waals surface area contributed by atoms with E-state index in [1.807, 2.05) is 0 Å². The van der Waals surface area contributed by atoms with Crippen LogP contribution in [-0.2, 0) is 5.60 Å². The van der Waals surface area contributed by atoms with Crippen LogP contribution in [0.3, 0.4) is 0 Å². The molecule has 2 heterocycles. The van der Waals surface area contributed by atoms with Crippen LogP contribution in [0.2, 0.25) is 0 Å². The van der Waals surface area contributed by atoms with Crippen molar-refractivity contribution in [1.82, 2.24) is 14.6 Å². The molecule has 0 aliphatic heterocycles. The van der Waals surface area contributed by atoms with Gasteiger partial charge in [0.05, 0.1) is 17.5 Å². The number of nitrogens with one attached hydrogen (secondary N) is 1. The molecule has 2 amide bonds. The number of carbonyl (C=O) groups excluding carboxylic acids is 2. The van der Waals surface area contributed by atoms with Crippen LogP contribution in [0.25, 0.3) is 16.9 Å². The molecule has 8 nitrogen and oxygen atoms in total. The Hall–Kier alpha value is -4.04. The molecule has 0 fully saturated rings. The highest BCUT2D eigenvalue weighted by Crippen LogP contribution is 2.24. The molecule has 2 aromatic carbocycles. The number of anilines is 1. The molecule has 0 saturated carbocycles. The van der Waals surface area contributed by atoms with Gasteiger partial charge in [0.15, 0.2) is 5.65 Å². The van der Waals surface area contributed by atoms with Crippen LogP contribution in [0.4, 0.5) is 5.82 Å². The molecule has 0 aliphatic carbocycles. The summed E-state index contributed by atoms with van der Waals surface area (Å²) in [6.07, 6.45) is 1.62. The van der Waals surface area contributed by atoms with Gasteiger partial charge in [0, 0.05) is 28.8 Å².